The first-order chi connectivity index (χ1) is 11.1. The van der Waals surface area contributed by atoms with Crippen LogP contribution in [0.4, 0.5) is 10.5 Å². The number of para-hydroxylation sites is 1. The summed E-state index contributed by atoms with van der Waals surface area (Å²) in [6.45, 7) is 5.13. The van der Waals surface area contributed by atoms with Crippen molar-refractivity contribution in [3.63, 3.8) is 0 Å². The molecule has 1 aromatic carbocycles. The van der Waals surface area contributed by atoms with Gasteiger partial charge in [0.2, 0.25) is 0 Å². The number of hydrogen-bond acceptors (Lipinski definition) is 4. The molecule has 1 atom stereocenters. The molecule has 0 aliphatic heterocycles. The maximum absolute atomic E-state index is 11.8. The van der Waals surface area contributed by atoms with Gasteiger partial charge in [-0.05, 0) is 44.6 Å². The van der Waals surface area contributed by atoms with Crippen molar-refractivity contribution < 1.29 is 19.4 Å². The Hall–Kier alpha value is -2.35. The summed E-state index contributed by atoms with van der Waals surface area (Å²) >= 11 is 5.06. The molecule has 0 spiro atoms. The second kappa shape index (κ2) is 8.49. The fourth-order valence-electron chi connectivity index (χ4n) is 1.87. The molecule has 0 fully saturated rings. The maximum Gasteiger partial charge on any atom is 0.408 e. The van der Waals surface area contributed by atoms with Crippen LogP contribution in [0.2, 0.25) is 0 Å². The highest BCUT2D eigenvalue weighted by Gasteiger charge is 2.25. The third-order valence-corrected chi connectivity index (χ3v) is 3.21. The van der Waals surface area contributed by atoms with E-state index in [1.807, 2.05) is 0 Å². The zero-order valence-corrected chi connectivity index (χ0v) is 15.0. The van der Waals surface area contributed by atoms with Gasteiger partial charge in [-0.3, -0.25) is 0 Å². The van der Waals surface area contributed by atoms with Crippen LogP contribution in [-0.4, -0.2) is 41.0 Å². The van der Waals surface area contributed by atoms with E-state index in [0.717, 1.165) is 0 Å². The number of carboxylic acid groups (broad SMARTS) is 1. The van der Waals surface area contributed by atoms with E-state index in [4.69, 9.17) is 17.0 Å². The Morgan fingerprint density at radius 3 is 2.46 bits per heavy atom. The van der Waals surface area contributed by atoms with Crippen LogP contribution < -0.4 is 16.0 Å². The Kier molecular flexibility index (Phi) is 6.97. The number of ether oxygens (including phenoxy) is 1. The summed E-state index contributed by atoms with van der Waals surface area (Å²) in [7, 11) is 1.68. The molecular weight excluding hydrogens is 330 g/mol. The smallest absolute Gasteiger partial charge is 0.408 e. The van der Waals surface area contributed by atoms with Gasteiger partial charge in [-0.15, -0.1) is 0 Å². The van der Waals surface area contributed by atoms with Crippen molar-refractivity contribution >= 4 is 35.1 Å². The van der Waals surface area contributed by atoms with Crippen LogP contribution in [0.15, 0.2) is 24.3 Å². The second-order valence-electron chi connectivity index (χ2n) is 6.10. The van der Waals surface area contributed by atoms with Gasteiger partial charge >= 0.3 is 12.1 Å². The third-order valence-electron chi connectivity index (χ3n) is 2.91. The summed E-state index contributed by atoms with van der Waals surface area (Å²) < 4.78 is 5.11. The quantitative estimate of drug-likeness (QED) is 0.602. The number of benzene rings is 1. The van der Waals surface area contributed by atoms with Gasteiger partial charge in [-0.2, -0.15) is 0 Å². The van der Waals surface area contributed by atoms with E-state index in [1.54, 1.807) is 52.1 Å². The number of nitrogens with one attached hydrogen (secondary N) is 3. The van der Waals surface area contributed by atoms with Crippen LogP contribution in [0.1, 0.15) is 26.3 Å². The lowest BCUT2D eigenvalue weighted by Gasteiger charge is -2.22. The fraction of sp³-hybridized carbons (Fsp3) is 0.438. The lowest BCUT2D eigenvalue weighted by atomic mass is 10.0. The maximum atomic E-state index is 11.8. The van der Waals surface area contributed by atoms with Gasteiger partial charge in [0.15, 0.2) is 5.11 Å². The molecule has 132 valence electrons. The zero-order valence-electron chi connectivity index (χ0n) is 14.2. The van der Waals surface area contributed by atoms with Crippen molar-refractivity contribution in [2.24, 2.45) is 0 Å². The molecule has 4 N–H and O–H groups in total. The van der Waals surface area contributed by atoms with Crippen molar-refractivity contribution in [3.05, 3.63) is 29.8 Å². The molecule has 0 aliphatic rings. The van der Waals surface area contributed by atoms with E-state index >= 15 is 0 Å². The van der Waals surface area contributed by atoms with Crippen molar-refractivity contribution in [2.75, 3.05) is 12.4 Å². The first-order valence-electron chi connectivity index (χ1n) is 7.41. The molecule has 0 saturated heterocycles. The first-order valence-corrected chi connectivity index (χ1v) is 7.82. The molecule has 1 rings (SSSR count). The van der Waals surface area contributed by atoms with Crippen LogP contribution >= 0.6 is 12.2 Å². The number of amides is 1. The predicted octanol–water partition coefficient (Wildman–Crippen LogP) is 2.12. The van der Waals surface area contributed by atoms with Crippen LogP contribution in [-0.2, 0) is 16.0 Å². The third kappa shape index (κ3) is 6.82. The predicted molar refractivity (Wildman–Crippen MR) is 96.2 cm³/mol. The van der Waals surface area contributed by atoms with E-state index in [9.17, 15) is 14.7 Å². The molecule has 7 nitrogen and oxygen atoms in total. The second-order valence-corrected chi connectivity index (χ2v) is 6.51. The molecule has 1 amide bonds. The summed E-state index contributed by atoms with van der Waals surface area (Å²) in [5.41, 5.74) is 0.679. The Labute approximate surface area is 146 Å². The molecule has 0 radical (unpaired) electrons. The summed E-state index contributed by atoms with van der Waals surface area (Å²) in [4.78, 5) is 23.3. The number of rotatable bonds is 5. The Balaban J connectivity index is 2.88. The van der Waals surface area contributed by atoms with Gasteiger partial charge in [0.1, 0.15) is 11.6 Å². The van der Waals surface area contributed by atoms with Crippen molar-refractivity contribution in [1.29, 1.82) is 0 Å². The van der Waals surface area contributed by atoms with E-state index in [2.05, 4.69) is 16.0 Å². The highest BCUT2D eigenvalue weighted by Crippen LogP contribution is 2.17. The van der Waals surface area contributed by atoms with E-state index in [-0.39, 0.29) is 6.42 Å². The van der Waals surface area contributed by atoms with Crippen LogP contribution in [0.3, 0.4) is 0 Å². The highest BCUT2D eigenvalue weighted by molar-refractivity contribution is 7.80. The topological polar surface area (TPSA) is 99.7 Å². The van der Waals surface area contributed by atoms with E-state index in [1.165, 1.54) is 0 Å². The van der Waals surface area contributed by atoms with Gasteiger partial charge in [0.25, 0.3) is 0 Å². The highest BCUT2D eigenvalue weighted by atomic mass is 32.1. The molecule has 0 aliphatic carbocycles. The summed E-state index contributed by atoms with van der Waals surface area (Å²) in [5.74, 6) is -1.15. The van der Waals surface area contributed by atoms with Gasteiger partial charge in [-0.25, -0.2) is 9.59 Å². The number of thiocarbonyl (C=S) groups is 1. The van der Waals surface area contributed by atoms with Gasteiger partial charge < -0.3 is 25.8 Å². The molecular formula is C16H23N3O4S. The van der Waals surface area contributed by atoms with Gasteiger partial charge in [0, 0.05) is 19.2 Å². The average molecular weight is 353 g/mol. The first kappa shape index (κ1) is 19.7. The molecule has 1 unspecified atom stereocenters. The summed E-state index contributed by atoms with van der Waals surface area (Å²) in [5, 5.41) is 17.9. The lowest BCUT2D eigenvalue weighted by molar-refractivity contribution is -0.139. The number of anilines is 1. The Morgan fingerprint density at radius 2 is 1.92 bits per heavy atom. The number of carbonyl (C=O) groups excluding carboxylic acids is 1. The van der Waals surface area contributed by atoms with E-state index < -0.39 is 23.7 Å². The minimum Gasteiger partial charge on any atom is -0.480 e. The van der Waals surface area contributed by atoms with Crippen LogP contribution in [0.25, 0.3) is 0 Å². The van der Waals surface area contributed by atoms with Crippen LogP contribution in [0, 0.1) is 0 Å². The van der Waals surface area contributed by atoms with E-state index in [0.29, 0.717) is 16.4 Å². The summed E-state index contributed by atoms with van der Waals surface area (Å²) in [6.07, 6.45) is -0.685. The number of alkyl carbamates (subject to hydrolysis) is 1. The standard InChI is InChI=1S/C16H23N3O4S/c1-16(2,3)23-15(22)19-12(13(20)21)9-10-7-5-6-8-11(10)18-14(24)17-4/h5-8,12H,9H2,1-4H3,(H,19,22)(H,20,21)(H2,17,18,24). The van der Waals surface area contributed by atoms with Gasteiger partial charge in [-0.1, -0.05) is 18.2 Å². The van der Waals surface area contributed by atoms with Crippen LogP contribution in [0.5, 0.6) is 0 Å². The monoisotopic (exact) mass is 353 g/mol. The normalized spacial score (nSPS) is 12.0. The Bertz CT molecular complexity index is 614. The molecule has 0 heterocycles. The minimum atomic E-state index is -1.15. The molecule has 8 heteroatoms. The number of aliphatic carboxylic acids is 1. The largest absolute Gasteiger partial charge is 0.480 e. The zero-order chi connectivity index (χ0) is 18.3. The SMILES string of the molecule is CNC(=S)Nc1ccccc1CC(NC(=O)OC(C)(C)C)C(=O)O. The average Bonchev–Trinajstić information content (AvgIpc) is 2.46. The molecule has 0 saturated carbocycles. The number of hydrogen-bond donors (Lipinski definition) is 4. The molecule has 1 aromatic rings. The molecule has 0 aromatic heterocycles. The van der Waals surface area contributed by atoms with Crippen molar-refractivity contribution in [2.45, 2.75) is 38.8 Å². The van der Waals surface area contributed by atoms with Crippen molar-refractivity contribution in [1.82, 2.24) is 10.6 Å². The van der Waals surface area contributed by atoms with Crippen molar-refractivity contribution in [3.8, 4) is 0 Å². The summed E-state index contributed by atoms with van der Waals surface area (Å²) in [6, 6.07) is 6.03. The lowest BCUT2D eigenvalue weighted by Crippen LogP contribution is -2.44. The Morgan fingerprint density at radius 1 is 1.29 bits per heavy atom. The molecule has 0 bridgehead atoms. The van der Waals surface area contributed by atoms with Gasteiger partial charge in [0.05, 0.1) is 0 Å². The number of carbonyl (C=O) groups is 2. The fourth-order valence-corrected chi connectivity index (χ4v) is 1.98. The minimum absolute atomic E-state index is 0.0874. The molecule has 24 heavy (non-hydrogen) atoms. The number of carboxylic acids is 1.